The molecule has 0 saturated heterocycles. The monoisotopic (exact) mass is 390 g/mol. The zero-order valence-electron chi connectivity index (χ0n) is 14.5. The van der Waals surface area contributed by atoms with Gasteiger partial charge in [0.1, 0.15) is 0 Å². The lowest BCUT2D eigenvalue weighted by atomic mass is 10.0. The first-order valence-corrected chi connectivity index (χ1v) is 9.25. The third kappa shape index (κ3) is 5.01. The number of rotatable bonds is 5. The Bertz CT molecular complexity index is 942. The molecule has 0 aliphatic rings. The summed E-state index contributed by atoms with van der Waals surface area (Å²) in [5.41, 5.74) is 0.181. The van der Waals surface area contributed by atoms with E-state index in [1.165, 1.54) is 6.07 Å². The van der Waals surface area contributed by atoms with Crippen molar-refractivity contribution in [3.05, 3.63) is 71.9 Å². The third-order valence-corrected chi connectivity index (χ3v) is 5.01. The molecular formula is C20H17F3N2OS. The molecule has 3 nitrogen and oxygen atoms in total. The van der Waals surface area contributed by atoms with E-state index in [1.807, 2.05) is 49.4 Å². The molecule has 1 amide bonds. The number of nitrogens with zero attached hydrogens (tertiary/aromatic N) is 1. The molecular weight excluding hydrogens is 373 g/mol. The van der Waals surface area contributed by atoms with E-state index in [4.69, 9.17) is 0 Å². The van der Waals surface area contributed by atoms with E-state index < -0.39 is 11.7 Å². The van der Waals surface area contributed by atoms with Gasteiger partial charge in [-0.05, 0) is 41.5 Å². The number of nitrogens with one attached hydrogen (secondary N) is 1. The van der Waals surface area contributed by atoms with Gasteiger partial charge in [0.15, 0.2) is 0 Å². The second kappa shape index (κ2) is 8.00. The summed E-state index contributed by atoms with van der Waals surface area (Å²) in [5.74, 6) is -0.127. The van der Waals surface area contributed by atoms with Crippen molar-refractivity contribution in [2.45, 2.75) is 24.2 Å². The fourth-order valence-electron chi connectivity index (χ4n) is 2.62. The summed E-state index contributed by atoms with van der Waals surface area (Å²) in [7, 11) is 0. The lowest BCUT2D eigenvalue weighted by Gasteiger charge is -2.15. The summed E-state index contributed by atoms with van der Waals surface area (Å²) in [6.45, 7) is 1.89. The number of fused-ring (bicyclic) bond motifs is 1. The first-order valence-electron chi connectivity index (χ1n) is 8.27. The van der Waals surface area contributed by atoms with E-state index in [-0.39, 0.29) is 17.7 Å². The average molecular weight is 390 g/mol. The van der Waals surface area contributed by atoms with Gasteiger partial charge in [0.05, 0.1) is 22.4 Å². The fourth-order valence-corrected chi connectivity index (χ4v) is 3.27. The number of thioether (sulfide) groups is 1. The molecule has 1 unspecified atom stereocenters. The minimum atomic E-state index is -4.41. The maximum absolute atomic E-state index is 12.5. The predicted molar refractivity (Wildman–Crippen MR) is 100 cm³/mol. The van der Waals surface area contributed by atoms with Crippen molar-refractivity contribution in [2.75, 3.05) is 5.75 Å². The van der Waals surface area contributed by atoms with E-state index in [0.29, 0.717) is 5.03 Å². The lowest BCUT2D eigenvalue weighted by Crippen LogP contribution is -2.28. The Labute approximate surface area is 159 Å². The van der Waals surface area contributed by atoms with Gasteiger partial charge in [-0.25, -0.2) is 4.98 Å². The summed E-state index contributed by atoms with van der Waals surface area (Å²) in [5, 5.41) is 5.50. The van der Waals surface area contributed by atoms with Crippen LogP contribution in [0.5, 0.6) is 0 Å². The number of pyridine rings is 1. The van der Waals surface area contributed by atoms with Gasteiger partial charge in [-0.3, -0.25) is 4.79 Å². The first kappa shape index (κ1) is 19.2. The van der Waals surface area contributed by atoms with Crippen LogP contribution in [0.2, 0.25) is 0 Å². The van der Waals surface area contributed by atoms with Crippen LogP contribution < -0.4 is 5.32 Å². The van der Waals surface area contributed by atoms with E-state index in [1.54, 1.807) is 0 Å². The maximum Gasteiger partial charge on any atom is 0.417 e. The molecule has 140 valence electrons. The minimum absolute atomic E-state index is 0.0796. The number of carbonyl (C=O) groups is 1. The van der Waals surface area contributed by atoms with Gasteiger partial charge in [0.25, 0.3) is 0 Å². The van der Waals surface area contributed by atoms with Crippen molar-refractivity contribution < 1.29 is 18.0 Å². The number of aromatic nitrogens is 1. The minimum Gasteiger partial charge on any atom is -0.349 e. The third-order valence-electron chi connectivity index (χ3n) is 4.07. The van der Waals surface area contributed by atoms with Crippen molar-refractivity contribution in [3.8, 4) is 0 Å². The smallest absolute Gasteiger partial charge is 0.349 e. The van der Waals surface area contributed by atoms with E-state index >= 15 is 0 Å². The van der Waals surface area contributed by atoms with Gasteiger partial charge >= 0.3 is 6.18 Å². The number of alkyl halides is 3. The van der Waals surface area contributed by atoms with Crippen molar-refractivity contribution in [1.29, 1.82) is 0 Å². The highest BCUT2D eigenvalue weighted by Crippen LogP contribution is 2.29. The molecule has 1 N–H and O–H groups in total. The van der Waals surface area contributed by atoms with Crippen LogP contribution >= 0.6 is 11.8 Å². The van der Waals surface area contributed by atoms with Crippen molar-refractivity contribution >= 4 is 28.4 Å². The fraction of sp³-hybridized carbons (Fsp3) is 0.200. The maximum atomic E-state index is 12.5. The van der Waals surface area contributed by atoms with Crippen LogP contribution in [-0.2, 0) is 11.0 Å². The van der Waals surface area contributed by atoms with Crippen LogP contribution in [0, 0.1) is 0 Å². The molecule has 7 heteroatoms. The highest BCUT2D eigenvalue weighted by molar-refractivity contribution is 7.99. The Morgan fingerprint density at radius 1 is 1.11 bits per heavy atom. The molecule has 27 heavy (non-hydrogen) atoms. The van der Waals surface area contributed by atoms with Crippen LogP contribution in [0.15, 0.2) is 65.8 Å². The van der Waals surface area contributed by atoms with E-state index in [9.17, 15) is 18.0 Å². The summed E-state index contributed by atoms with van der Waals surface area (Å²) >= 11 is 1.10. The van der Waals surface area contributed by atoms with Crippen LogP contribution in [0.25, 0.3) is 10.8 Å². The van der Waals surface area contributed by atoms with Crippen molar-refractivity contribution in [1.82, 2.24) is 10.3 Å². The molecule has 0 saturated carbocycles. The zero-order chi connectivity index (χ0) is 19.4. The van der Waals surface area contributed by atoms with Crippen LogP contribution in [-0.4, -0.2) is 16.6 Å². The summed E-state index contributed by atoms with van der Waals surface area (Å²) in [4.78, 5) is 15.9. The Kier molecular flexibility index (Phi) is 5.70. The van der Waals surface area contributed by atoms with Gasteiger partial charge in [-0.1, -0.05) is 48.2 Å². The molecule has 2 aromatic carbocycles. The molecule has 0 aliphatic heterocycles. The normalized spacial score (nSPS) is 12.7. The van der Waals surface area contributed by atoms with Crippen LogP contribution in [0.4, 0.5) is 13.2 Å². The summed E-state index contributed by atoms with van der Waals surface area (Å²) in [6.07, 6.45) is -3.64. The molecule has 0 radical (unpaired) electrons. The Morgan fingerprint density at radius 3 is 2.52 bits per heavy atom. The zero-order valence-corrected chi connectivity index (χ0v) is 15.3. The second-order valence-electron chi connectivity index (χ2n) is 6.07. The average Bonchev–Trinajstić information content (AvgIpc) is 2.65. The van der Waals surface area contributed by atoms with Gasteiger partial charge in [0, 0.05) is 6.20 Å². The van der Waals surface area contributed by atoms with Gasteiger partial charge < -0.3 is 5.32 Å². The molecule has 0 bridgehead atoms. The molecule has 3 aromatic rings. The van der Waals surface area contributed by atoms with E-state index in [2.05, 4.69) is 10.3 Å². The SMILES string of the molecule is CC(NC(=O)CSc1ccc(C(F)(F)F)cn1)c1ccc2ccccc2c1. The summed E-state index contributed by atoms with van der Waals surface area (Å²) < 4.78 is 37.6. The molecule has 0 fully saturated rings. The highest BCUT2D eigenvalue weighted by Gasteiger charge is 2.30. The molecule has 1 aromatic heterocycles. The topological polar surface area (TPSA) is 42.0 Å². The molecule has 0 spiro atoms. The first-order chi connectivity index (χ1) is 12.8. The van der Waals surface area contributed by atoms with Crippen molar-refractivity contribution in [2.24, 2.45) is 0 Å². The largest absolute Gasteiger partial charge is 0.417 e. The molecule has 3 rings (SSSR count). The number of hydrogen-bond donors (Lipinski definition) is 1. The number of benzene rings is 2. The lowest BCUT2D eigenvalue weighted by molar-refractivity contribution is -0.137. The van der Waals surface area contributed by atoms with Crippen LogP contribution in [0.3, 0.4) is 0 Å². The van der Waals surface area contributed by atoms with Crippen LogP contribution in [0.1, 0.15) is 24.1 Å². The Morgan fingerprint density at radius 2 is 1.85 bits per heavy atom. The molecule has 0 aliphatic carbocycles. The standard InChI is InChI=1S/C20H17F3N2OS/c1-13(15-7-6-14-4-2-3-5-16(14)10-15)25-18(26)12-27-19-9-8-17(11-24-19)20(21,22)23/h2-11,13H,12H2,1H3,(H,25,26). The summed E-state index contributed by atoms with van der Waals surface area (Å²) in [6, 6.07) is 16.0. The van der Waals surface area contributed by atoms with Gasteiger partial charge in [0.2, 0.25) is 5.91 Å². The predicted octanol–water partition coefficient (Wildman–Crippen LogP) is 5.22. The van der Waals surface area contributed by atoms with Gasteiger partial charge in [-0.15, -0.1) is 0 Å². The Balaban J connectivity index is 1.56. The number of carbonyl (C=O) groups excluding carboxylic acids is 1. The molecule has 1 atom stereocenters. The number of halogens is 3. The number of amides is 1. The quantitative estimate of drug-likeness (QED) is 0.607. The highest BCUT2D eigenvalue weighted by atomic mass is 32.2. The second-order valence-corrected chi connectivity index (χ2v) is 7.06. The van der Waals surface area contributed by atoms with E-state index in [0.717, 1.165) is 40.4 Å². The van der Waals surface area contributed by atoms with Crippen molar-refractivity contribution in [3.63, 3.8) is 0 Å². The number of hydrogen-bond acceptors (Lipinski definition) is 3. The molecule has 1 heterocycles. The van der Waals surface area contributed by atoms with Gasteiger partial charge in [-0.2, -0.15) is 13.2 Å². The Hall–Kier alpha value is -2.54.